The van der Waals surface area contributed by atoms with Gasteiger partial charge in [-0.15, -0.1) is 0 Å². The van der Waals surface area contributed by atoms with Gasteiger partial charge in [0.05, 0.1) is 18.5 Å². The highest BCUT2D eigenvalue weighted by atomic mass is 79.9. The van der Waals surface area contributed by atoms with Gasteiger partial charge in [-0.25, -0.2) is 12.8 Å². The number of benzene rings is 3. The maximum absolute atomic E-state index is 12.9. The molecule has 1 N–H and O–H groups in total. The van der Waals surface area contributed by atoms with Gasteiger partial charge >= 0.3 is 0 Å². The van der Waals surface area contributed by atoms with E-state index in [9.17, 15) is 17.6 Å². The van der Waals surface area contributed by atoms with E-state index in [4.69, 9.17) is 0 Å². The molecule has 1 amide bonds. The molecule has 0 aliphatic heterocycles. The molecule has 0 aliphatic carbocycles. The Balaban J connectivity index is 1.62. The van der Waals surface area contributed by atoms with Crippen molar-refractivity contribution in [1.29, 1.82) is 0 Å². The average molecular weight is 505 g/mol. The van der Waals surface area contributed by atoms with Crippen molar-refractivity contribution in [3.63, 3.8) is 0 Å². The van der Waals surface area contributed by atoms with Crippen molar-refractivity contribution in [1.82, 2.24) is 5.32 Å². The Morgan fingerprint density at radius 2 is 1.52 bits per heavy atom. The minimum absolute atomic E-state index is 0.160. The SMILES string of the molecule is CS(=O)(=O)N(Cc1ccc(C(=O)NCCc2ccc(F)cc2)cc1)c1ccc(Br)cc1. The predicted molar refractivity (Wildman–Crippen MR) is 124 cm³/mol. The Labute approximate surface area is 190 Å². The number of nitrogens with one attached hydrogen (secondary N) is 1. The molecule has 0 aromatic heterocycles. The molecular formula is C23H22BrFN2O3S. The lowest BCUT2D eigenvalue weighted by Crippen LogP contribution is -2.29. The molecular weight excluding hydrogens is 483 g/mol. The predicted octanol–water partition coefficient (Wildman–Crippen LogP) is 4.53. The molecule has 3 aromatic rings. The van der Waals surface area contributed by atoms with Crippen LogP contribution >= 0.6 is 15.9 Å². The van der Waals surface area contributed by atoms with Gasteiger partial charge in [0.15, 0.2) is 0 Å². The molecule has 8 heteroatoms. The highest BCUT2D eigenvalue weighted by Gasteiger charge is 2.18. The van der Waals surface area contributed by atoms with E-state index < -0.39 is 10.0 Å². The first-order valence-corrected chi connectivity index (χ1v) is 12.2. The quantitative estimate of drug-likeness (QED) is 0.490. The highest BCUT2D eigenvalue weighted by Crippen LogP contribution is 2.23. The molecule has 0 unspecified atom stereocenters. The Bertz CT molecular complexity index is 1130. The number of nitrogens with zero attached hydrogens (tertiary/aromatic N) is 1. The summed E-state index contributed by atoms with van der Waals surface area (Å²) in [4.78, 5) is 12.4. The summed E-state index contributed by atoms with van der Waals surface area (Å²) in [5, 5.41) is 2.83. The second-order valence-corrected chi connectivity index (χ2v) is 9.90. The zero-order chi connectivity index (χ0) is 22.4. The number of halogens is 2. The molecule has 0 saturated carbocycles. The van der Waals surface area contributed by atoms with Crippen molar-refractivity contribution in [2.24, 2.45) is 0 Å². The fourth-order valence-corrected chi connectivity index (χ4v) is 4.16. The van der Waals surface area contributed by atoms with E-state index in [0.717, 1.165) is 21.9 Å². The lowest BCUT2D eigenvalue weighted by Gasteiger charge is -2.22. The molecule has 162 valence electrons. The van der Waals surface area contributed by atoms with E-state index in [0.29, 0.717) is 24.2 Å². The Kier molecular flexibility index (Phi) is 7.46. The summed E-state index contributed by atoms with van der Waals surface area (Å²) in [7, 11) is -3.48. The number of sulfonamides is 1. The first-order valence-electron chi connectivity index (χ1n) is 9.57. The summed E-state index contributed by atoms with van der Waals surface area (Å²) in [6.07, 6.45) is 1.76. The van der Waals surface area contributed by atoms with Crippen LogP contribution < -0.4 is 9.62 Å². The van der Waals surface area contributed by atoms with Crippen LogP contribution in [0.2, 0.25) is 0 Å². The van der Waals surface area contributed by atoms with Crippen LogP contribution in [-0.4, -0.2) is 27.1 Å². The molecule has 31 heavy (non-hydrogen) atoms. The van der Waals surface area contributed by atoms with E-state index in [2.05, 4.69) is 21.2 Å². The summed E-state index contributed by atoms with van der Waals surface area (Å²) in [5.41, 5.74) is 2.74. The van der Waals surface area contributed by atoms with Crippen LogP contribution in [-0.2, 0) is 23.0 Å². The van der Waals surface area contributed by atoms with Crippen LogP contribution in [0.3, 0.4) is 0 Å². The average Bonchev–Trinajstić information content (AvgIpc) is 2.74. The monoisotopic (exact) mass is 504 g/mol. The first kappa shape index (κ1) is 23.0. The number of amides is 1. The standard InChI is InChI=1S/C23H22BrFN2O3S/c1-31(29,30)27(22-12-8-20(24)9-13-22)16-18-2-6-19(7-3-18)23(28)26-15-14-17-4-10-21(25)11-5-17/h2-13H,14-16H2,1H3,(H,26,28). The molecule has 0 fully saturated rings. The van der Waals surface area contributed by atoms with Crippen molar-refractivity contribution in [3.8, 4) is 0 Å². The van der Waals surface area contributed by atoms with Crippen molar-refractivity contribution in [3.05, 3.63) is 99.8 Å². The molecule has 0 spiro atoms. The van der Waals surface area contributed by atoms with Crippen LogP contribution in [0.1, 0.15) is 21.5 Å². The molecule has 0 heterocycles. The van der Waals surface area contributed by atoms with E-state index in [-0.39, 0.29) is 18.3 Å². The molecule has 0 bridgehead atoms. The van der Waals surface area contributed by atoms with Gasteiger partial charge < -0.3 is 5.32 Å². The van der Waals surface area contributed by atoms with Crippen molar-refractivity contribution >= 4 is 37.5 Å². The Hall–Kier alpha value is -2.71. The maximum Gasteiger partial charge on any atom is 0.251 e. The van der Waals surface area contributed by atoms with Gasteiger partial charge in [0, 0.05) is 16.6 Å². The van der Waals surface area contributed by atoms with Gasteiger partial charge in [-0.3, -0.25) is 9.10 Å². The normalized spacial score (nSPS) is 11.2. The molecule has 0 radical (unpaired) electrons. The van der Waals surface area contributed by atoms with Crippen molar-refractivity contribution in [2.75, 3.05) is 17.1 Å². The molecule has 0 atom stereocenters. The van der Waals surface area contributed by atoms with E-state index >= 15 is 0 Å². The minimum atomic E-state index is -3.48. The molecule has 5 nitrogen and oxygen atoms in total. The third kappa shape index (κ3) is 6.63. The van der Waals surface area contributed by atoms with Gasteiger partial charge in [-0.1, -0.05) is 40.2 Å². The van der Waals surface area contributed by atoms with Crippen molar-refractivity contribution < 1.29 is 17.6 Å². The topological polar surface area (TPSA) is 66.5 Å². The minimum Gasteiger partial charge on any atom is -0.352 e. The fraction of sp³-hybridized carbons (Fsp3) is 0.174. The third-order valence-electron chi connectivity index (χ3n) is 4.67. The number of hydrogen-bond donors (Lipinski definition) is 1. The third-order valence-corrected chi connectivity index (χ3v) is 6.34. The number of carbonyl (C=O) groups is 1. The van der Waals surface area contributed by atoms with Gasteiger partial charge in [0.2, 0.25) is 10.0 Å². The second kappa shape index (κ2) is 10.1. The summed E-state index contributed by atoms with van der Waals surface area (Å²) < 4.78 is 39.7. The van der Waals surface area contributed by atoms with Crippen LogP contribution in [0.25, 0.3) is 0 Å². The van der Waals surface area contributed by atoms with E-state index in [1.165, 1.54) is 16.4 Å². The molecule has 0 saturated heterocycles. The van der Waals surface area contributed by atoms with Crippen LogP contribution in [0.15, 0.2) is 77.3 Å². The van der Waals surface area contributed by atoms with Gasteiger partial charge in [0.25, 0.3) is 5.91 Å². The van der Waals surface area contributed by atoms with Gasteiger partial charge in [0.1, 0.15) is 5.82 Å². The fourth-order valence-electron chi connectivity index (χ4n) is 3.01. The largest absolute Gasteiger partial charge is 0.352 e. The summed E-state index contributed by atoms with van der Waals surface area (Å²) >= 11 is 3.35. The Morgan fingerprint density at radius 1 is 0.935 bits per heavy atom. The number of anilines is 1. The van der Waals surface area contributed by atoms with Gasteiger partial charge in [-0.05, 0) is 66.1 Å². The van der Waals surface area contributed by atoms with Crippen LogP contribution in [0, 0.1) is 5.82 Å². The first-order chi connectivity index (χ1) is 14.7. The van der Waals surface area contributed by atoms with E-state index in [1.807, 2.05) is 0 Å². The number of carbonyl (C=O) groups excluding carboxylic acids is 1. The van der Waals surface area contributed by atoms with E-state index in [1.54, 1.807) is 60.7 Å². The smallest absolute Gasteiger partial charge is 0.251 e. The summed E-state index contributed by atoms with van der Waals surface area (Å²) in [6.45, 7) is 0.588. The lowest BCUT2D eigenvalue weighted by molar-refractivity contribution is 0.0954. The zero-order valence-electron chi connectivity index (χ0n) is 16.9. The zero-order valence-corrected chi connectivity index (χ0v) is 19.3. The Morgan fingerprint density at radius 3 is 2.10 bits per heavy atom. The maximum atomic E-state index is 12.9. The number of rotatable bonds is 8. The van der Waals surface area contributed by atoms with Gasteiger partial charge in [-0.2, -0.15) is 0 Å². The highest BCUT2D eigenvalue weighted by molar-refractivity contribution is 9.10. The van der Waals surface area contributed by atoms with Crippen molar-refractivity contribution in [2.45, 2.75) is 13.0 Å². The van der Waals surface area contributed by atoms with Crippen LogP contribution in [0.5, 0.6) is 0 Å². The summed E-state index contributed by atoms with van der Waals surface area (Å²) in [6, 6.07) is 20.0. The molecule has 3 rings (SSSR count). The second-order valence-electron chi connectivity index (χ2n) is 7.08. The van der Waals surface area contributed by atoms with Crippen LogP contribution in [0.4, 0.5) is 10.1 Å². The lowest BCUT2D eigenvalue weighted by atomic mass is 10.1. The molecule has 3 aromatic carbocycles. The molecule has 0 aliphatic rings. The number of hydrogen-bond acceptors (Lipinski definition) is 3. The summed E-state index contributed by atoms with van der Waals surface area (Å²) in [5.74, 6) is -0.510.